The van der Waals surface area contributed by atoms with E-state index in [0.717, 1.165) is 29.1 Å². The Bertz CT molecular complexity index is 1010. The number of nitrogens with one attached hydrogen (secondary N) is 2. The first-order valence-electron chi connectivity index (χ1n) is 7.38. The Morgan fingerprint density at radius 3 is 3.00 bits per heavy atom. The van der Waals surface area contributed by atoms with Gasteiger partial charge in [0.25, 0.3) is 5.92 Å². The van der Waals surface area contributed by atoms with Crippen molar-refractivity contribution in [1.29, 1.82) is 0 Å². The van der Waals surface area contributed by atoms with Crippen LogP contribution in [0.25, 0.3) is 27.8 Å². The van der Waals surface area contributed by atoms with Crippen LogP contribution in [0.3, 0.4) is 0 Å². The summed E-state index contributed by atoms with van der Waals surface area (Å²) in [5.41, 5.74) is 3.37. The number of halogens is 2. The Morgan fingerprint density at radius 1 is 1.29 bits per heavy atom. The van der Waals surface area contributed by atoms with Crippen LogP contribution in [0.4, 0.5) is 14.7 Å². The molecule has 0 atom stereocenters. The van der Waals surface area contributed by atoms with Crippen molar-refractivity contribution in [2.45, 2.75) is 12.8 Å². The lowest BCUT2D eigenvalue weighted by Crippen LogP contribution is -2.23. The molecule has 4 rings (SSSR count). The molecule has 0 spiro atoms. The van der Waals surface area contributed by atoms with Crippen LogP contribution >= 0.6 is 0 Å². The van der Waals surface area contributed by atoms with E-state index in [1.807, 2.05) is 35.1 Å². The van der Waals surface area contributed by atoms with Crippen LogP contribution in [0.5, 0.6) is 0 Å². The molecule has 4 aromatic heterocycles. The summed E-state index contributed by atoms with van der Waals surface area (Å²) in [5, 5.41) is 3.36. The highest BCUT2D eigenvalue weighted by atomic mass is 19.3. The highest BCUT2D eigenvalue weighted by Gasteiger charge is 2.21. The maximum atomic E-state index is 12.9. The van der Waals surface area contributed by atoms with Gasteiger partial charge in [0, 0.05) is 54.4 Å². The number of alkyl halides is 2. The van der Waals surface area contributed by atoms with E-state index in [2.05, 4.69) is 25.3 Å². The molecule has 6 nitrogen and oxygen atoms in total. The summed E-state index contributed by atoms with van der Waals surface area (Å²) in [7, 11) is 0. The summed E-state index contributed by atoms with van der Waals surface area (Å²) in [6.07, 6.45) is 9.03. The van der Waals surface area contributed by atoms with Crippen LogP contribution < -0.4 is 5.32 Å². The molecule has 0 unspecified atom stereocenters. The van der Waals surface area contributed by atoms with Gasteiger partial charge in [0.2, 0.25) is 5.95 Å². The minimum absolute atomic E-state index is 0.169. The number of fused-ring (bicyclic) bond motifs is 2. The first-order chi connectivity index (χ1) is 11.5. The molecule has 4 aromatic rings. The molecule has 0 amide bonds. The molecule has 2 N–H and O–H groups in total. The summed E-state index contributed by atoms with van der Waals surface area (Å²) in [6, 6.07) is 3.89. The third kappa shape index (κ3) is 2.66. The van der Waals surface area contributed by atoms with E-state index in [0.29, 0.717) is 5.65 Å². The monoisotopic (exact) mass is 328 g/mol. The Hall–Kier alpha value is -3.03. The first-order valence-corrected chi connectivity index (χ1v) is 7.38. The lowest BCUT2D eigenvalue weighted by Gasteiger charge is -2.10. The fourth-order valence-corrected chi connectivity index (χ4v) is 2.54. The fourth-order valence-electron chi connectivity index (χ4n) is 2.54. The third-order valence-corrected chi connectivity index (χ3v) is 3.69. The number of imidazole rings is 1. The van der Waals surface area contributed by atoms with Crippen molar-refractivity contribution in [3.05, 3.63) is 43.1 Å². The number of pyridine rings is 1. The second kappa shape index (κ2) is 5.26. The van der Waals surface area contributed by atoms with Gasteiger partial charge in [0.1, 0.15) is 11.3 Å². The summed E-state index contributed by atoms with van der Waals surface area (Å²) >= 11 is 0. The van der Waals surface area contributed by atoms with Crippen molar-refractivity contribution >= 4 is 22.6 Å². The zero-order valence-corrected chi connectivity index (χ0v) is 12.8. The van der Waals surface area contributed by atoms with Gasteiger partial charge in [-0.3, -0.25) is 0 Å². The highest BCUT2D eigenvalue weighted by molar-refractivity contribution is 5.93. The van der Waals surface area contributed by atoms with E-state index < -0.39 is 12.5 Å². The Kier molecular flexibility index (Phi) is 3.19. The molecule has 0 aliphatic heterocycles. The van der Waals surface area contributed by atoms with Crippen molar-refractivity contribution in [3.63, 3.8) is 0 Å². The number of aromatic amines is 1. The van der Waals surface area contributed by atoms with Gasteiger partial charge in [-0.25, -0.2) is 18.7 Å². The molecular weight excluding hydrogens is 314 g/mol. The Balaban J connectivity index is 1.69. The second-order valence-electron chi connectivity index (χ2n) is 5.69. The molecule has 4 heterocycles. The van der Waals surface area contributed by atoms with Gasteiger partial charge in [0.15, 0.2) is 0 Å². The van der Waals surface area contributed by atoms with Gasteiger partial charge in [-0.05, 0) is 12.1 Å². The van der Waals surface area contributed by atoms with E-state index in [4.69, 9.17) is 0 Å². The molecule has 8 heteroatoms. The lowest BCUT2D eigenvalue weighted by molar-refractivity contribution is 0.0366. The van der Waals surface area contributed by atoms with Gasteiger partial charge in [-0.15, -0.1) is 0 Å². The summed E-state index contributed by atoms with van der Waals surface area (Å²) in [5.74, 6) is -2.65. The fraction of sp³-hybridized carbons (Fsp3) is 0.188. The largest absolute Gasteiger partial charge is 0.348 e. The normalized spacial score (nSPS) is 12.1. The predicted octanol–water partition coefficient (Wildman–Crippen LogP) is 3.34. The molecule has 0 saturated heterocycles. The van der Waals surface area contributed by atoms with Crippen molar-refractivity contribution in [2.24, 2.45) is 0 Å². The Morgan fingerprint density at radius 2 is 2.17 bits per heavy atom. The predicted molar refractivity (Wildman–Crippen MR) is 87.2 cm³/mol. The minimum atomic E-state index is -2.82. The molecule has 0 bridgehead atoms. The van der Waals surface area contributed by atoms with Gasteiger partial charge in [-0.2, -0.15) is 4.98 Å². The van der Waals surface area contributed by atoms with Crippen LogP contribution in [0.1, 0.15) is 6.92 Å². The highest BCUT2D eigenvalue weighted by Crippen LogP contribution is 2.28. The van der Waals surface area contributed by atoms with Crippen molar-refractivity contribution in [2.75, 3.05) is 11.9 Å². The van der Waals surface area contributed by atoms with Crippen molar-refractivity contribution in [1.82, 2.24) is 24.3 Å². The van der Waals surface area contributed by atoms with Crippen LogP contribution in [-0.4, -0.2) is 36.8 Å². The maximum Gasteiger partial charge on any atom is 0.262 e. The van der Waals surface area contributed by atoms with Crippen LogP contribution in [0, 0.1) is 0 Å². The van der Waals surface area contributed by atoms with E-state index in [9.17, 15) is 8.78 Å². The number of hydrogen-bond acceptors (Lipinski definition) is 4. The molecule has 24 heavy (non-hydrogen) atoms. The number of anilines is 1. The van der Waals surface area contributed by atoms with E-state index in [1.165, 1.54) is 0 Å². The molecule has 0 saturated carbocycles. The molecule has 0 aliphatic carbocycles. The number of aromatic nitrogens is 5. The molecule has 122 valence electrons. The van der Waals surface area contributed by atoms with E-state index in [1.54, 1.807) is 12.4 Å². The first kappa shape index (κ1) is 14.6. The number of H-pyrrole nitrogens is 1. The van der Waals surface area contributed by atoms with E-state index in [-0.39, 0.29) is 5.95 Å². The second-order valence-corrected chi connectivity index (χ2v) is 5.69. The van der Waals surface area contributed by atoms with Crippen molar-refractivity contribution in [3.8, 4) is 11.1 Å². The summed E-state index contributed by atoms with van der Waals surface area (Å²) in [6.45, 7) is 0.334. The van der Waals surface area contributed by atoms with Gasteiger partial charge in [-0.1, -0.05) is 0 Å². The molecule has 0 aliphatic rings. The number of rotatable bonds is 4. The lowest BCUT2D eigenvalue weighted by atomic mass is 10.1. The van der Waals surface area contributed by atoms with Crippen LogP contribution in [0.15, 0.2) is 43.1 Å². The zero-order valence-electron chi connectivity index (χ0n) is 12.8. The number of hydrogen-bond donors (Lipinski definition) is 2. The average Bonchev–Trinajstić information content (AvgIpc) is 3.17. The summed E-state index contributed by atoms with van der Waals surface area (Å²) < 4.78 is 27.8. The molecule has 0 aromatic carbocycles. The minimum Gasteiger partial charge on any atom is -0.348 e. The van der Waals surface area contributed by atoms with Crippen molar-refractivity contribution < 1.29 is 8.78 Å². The van der Waals surface area contributed by atoms with Gasteiger partial charge < -0.3 is 14.7 Å². The third-order valence-electron chi connectivity index (χ3n) is 3.69. The van der Waals surface area contributed by atoms with Gasteiger partial charge >= 0.3 is 0 Å². The van der Waals surface area contributed by atoms with Gasteiger partial charge in [0.05, 0.1) is 6.54 Å². The van der Waals surface area contributed by atoms with E-state index >= 15 is 0 Å². The average molecular weight is 328 g/mol. The maximum absolute atomic E-state index is 12.9. The SMILES string of the molecule is CC(F)(F)CNc1ncc2c(-c3ccc4nccn4c3)c[nH]c2n1. The zero-order chi connectivity index (χ0) is 16.7. The van der Waals surface area contributed by atoms with Crippen LogP contribution in [-0.2, 0) is 0 Å². The topological polar surface area (TPSA) is 70.9 Å². The quantitative estimate of drug-likeness (QED) is 0.603. The summed E-state index contributed by atoms with van der Waals surface area (Å²) in [4.78, 5) is 15.7. The Labute approximate surface area is 135 Å². The molecule has 0 radical (unpaired) electrons. The number of nitrogens with zero attached hydrogens (tertiary/aromatic N) is 4. The smallest absolute Gasteiger partial charge is 0.262 e. The molecule has 0 fully saturated rings. The standard InChI is InChI=1S/C16H14F2N6/c1-16(17,18)9-22-15-21-7-12-11(6-20-14(12)23-15)10-2-3-13-19-4-5-24(13)8-10/h2-8H,9H2,1H3,(H2,20,21,22,23). The van der Waals surface area contributed by atoms with Crippen LogP contribution in [0.2, 0.25) is 0 Å². The molecular formula is C16H14F2N6.